The number of likely N-dealkylation sites (tertiary alicyclic amines) is 1. The van der Waals surface area contributed by atoms with Crippen molar-refractivity contribution in [2.75, 3.05) is 12.4 Å². The third-order valence-electron chi connectivity index (χ3n) is 3.22. The molecular weight excluding hydrogens is 186 g/mol. The van der Waals surface area contributed by atoms with Crippen LogP contribution < -0.4 is 0 Å². The number of amides is 1. The van der Waals surface area contributed by atoms with Gasteiger partial charge in [-0.25, -0.2) is 0 Å². The third kappa shape index (κ3) is 1.83. The van der Waals surface area contributed by atoms with Gasteiger partial charge in [-0.1, -0.05) is 12.8 Å². The predicted molar refractivity (Wildman–Crippen MR) is 52.8 cm³/mol. The van der Waals surface area contributed by atoms with Crippen molar-refractivity contribution < 1.29 is 4.79 Å². The van der Waals surface area contributed by atoms with Crippen LogP contribution in [0.5, 0.6) is 0 Å². The molecule has 3 heteroatoms. The molecule has 2 nitrogen and oxygen atoms in total. The standard InChI is InChI=1S/C10H16ClNO/c11-6-8-5-10(13)12(7-8)9-3-1-2-4-9/h8-9H,1-7H2. The van der Waals surface area contributed by atoms with Gasteiger partial charge in [0.2, 0.25) is 5.91 Å². The molecule has 0 aromatic carbocycles. The second-order valence-corrected chi connectivity index (χ2v) is 4.52. The van der Waals surface area contributed by atoms with Gasteiger partial charge in [-0.05, 0) is 18.8 Å². The molecule has 1 atom stereocenters. The Kier molecular flexibility index (Phi) is 2.77. The van der Waals surface area contributed by atoms with E-state index in [1.807, 2.05) is 0 Å². The normalized spacial score (nSPS) is 30.4. The van der Waals surface area contributed by atoms with Gasteiger partial charge in [0.15, 0.2) is 0 Å². The highest BCUT2D eigenvalue weighted by molar-refractivity contribution is 6.18. The van der Waals surface area contributed by atoms with Gasteiger partial charge in [0.1, 0.15) is 0 Å². The molecule has 0 spiro atoms. The Bertz CT molecular complexity index is 201. The second-order valence-electron chi connectivity index (χ2n) is 4.21. The van der Waals surface area contributed by atoms with Crippen LogP contribution >= 0.6 is 11.6 Å². The van der Waals surface area contributed by atoms with Crippen molar-refractivity contribution in [3.05, 3.63) is 0 Å². The number of hydrogen-bond donors (Lipinski definition) is 0. The van der Waals surface area contributed by atoms with Crippen molar-refractivity contribution in [1.29, 1.82) is 0 Å². The number of hydrogen-bond acceptors (Lipinski definition) is 1. The van der Waals surface area contributed by atoms with Crippen molar-refractivity contribution in [2.24, 2.45) is 5.92 Å². The molecule has 74 valence electrons. The molecule has 1 saturated heterocycles. The SMILES string of the molecule is O=C1CC(CCl)CN1C1CCCC1. The Balaban J connectivity index is 1.95. The molecule has 0 N–H and O–H groups in total. The summed E-state index contributed by atoms with van der Waals surface area (Å²) in [5.41, 5.74) is 0. The maximum absolute atomic E-state index is 11.6. The largest absolute Gasteiger partial charge is 0.339 e. The Morgan fingerprint density at radius 2 is 2.08 bits per heavy atom. The fourth-order valence-electron chi connectivity index (χ4n) is 2.48. The number of carbonyl (C=O) groups is 1. The first kappa shape index (κ1) is 9.32. The highest BCUT2D eigenvalue weighted by atomic mass is 35.5. The molecule has 0 radical (unpaired) electrons. The highest BCUT2D eigenvalue weighted by Crippen LogP contribution is 2.29. The zero-order valence-corrected chi connectivity index (χ0v) is 8.59. The van der Waals surface area contributed by atoms with E-state index in [1.165, 1.54) is 25.7 Å². The molecule has 1 amide bonds. The van der Waals surface area contributed by atoms with Crippen LogP contribution in [0, 0.1) is 5.92 Å². The summed E-state index contributed by atoms with van der Waals surface area (Å²) in [5, 5.41) is 0. The molecule has 1 unspecified atom stereocenters. The highest BCUT2D eigenvalue weighted by Gasteiger charge is 2.34. The number of carbonyl (C=O) groups excluding carboxylic acids is 1. The Hall–Kier alpha value is -0.240. The minimum atomic E-state index is 0.331. The van der Waals surface area contributed by atoms with E-state index >= 15 is 0 Å². The van der Waals surface area contributed by atoms with E-state index < -0.39 is 0 Å². The van der Waals surface area contributed by atoms with Crippen LogP contribution in [0.25, 0.3) is 0 Å². The maximum Gasteiger partial charge on any atom is 0.223 e. The molecule has 1 heterocycles. The van der Waals surface area contributed by atoms with Gasteiger partial charge in [-0.15, -0.1) is 11.6 Å². The number of halogens is 1. The molecule has 13 heavy (non-hydrogen) atoms. The summed E-state index contributed by atoms with van der Waals surface area (Å²) in [4.78, 5) is 13.7. The molecule has 2 fully saturated rings. The monoisotopic (exact) mass is 201 g/mol. The van der Waals surface area contributed by atoms with Crippen LogP contribution in [0.4, 0.5) is 0 Å². The van der Waals surface area contributed by atoms with Gasteiger partial charge in [0.25, 0.3) is 0 Å². The fraction of sp³-hybridized carbons (Fsp3) is 0.900. The topological polar surface area (TPSA) is 20.3 Å². The number of rotatable bonds is 2. The predicted octanol–water partition coefficient (Wildman–Crippen LogP) is 2.02. The van der Waals surface area contributed by atoms with Gasteiger partial charge >= 0.3 is 0 Å². The molecule has 1 saturated carbocycles. The molecule has 2 aliphatic rings. The zero-order chi connectivity index (χ0) is 9.26. The number of nitrogens with zero attached hydrogens (tertiary/aromatic N) is 1. The van der Waals surface area contributed by atoms with Gasteiger partial charge in [-0.2, -0.15) is 0 Å². The zero-order valence-electron chi connectivity index (χ0n) is 7.84. The minimum Gasteiger partial charge on any atom is -0.339 e. The molecule has 0 aromatic rings. The van der Waals surface area contributed by atoms with Gasteiger partial charge < -0.3 is 4.90 Å². The van der Waals surface area contributed by atoms with E-state index in [4.69, 9.17) is 11.6 Å². The lowest BCUT2D eigenvalue weighted by molar-refractivity contribution is -0.129. The van der Waals surface area contributed by atoms with E-state index in [0.717, 1.165) is 6.54 Å². The van der Waals surface area contributed by atoms with E-state index in [0.29, 0.717) is 30.2 Å². The van der Waals surface area contributed by atoms with Crippen molar-refractivity contribution in [3.8, 4) is 0 Å². The third-order valence-corrected chi connectivity index (χ3v) is 3.66. The molecule has 0 bridgehead atoms. The summed E-state index contributed by atoms with van der Waals surface area (Å²) in [6.07, 6.45) is 5.68. The van der Waals surface area contributed by atoms with Crippen LogP contribution in [-0.2, 0) is 4.79 Å². The Morgan fingerprint density at radius 1 is 1.38 bits per heavy atom. The van der Waals surface area contributed by atoms with Crippen LogP contribution in [0.2, 0.25) is 0 Å². The first-order chi connectivity index (χ1) is 6.31. The molecule has 0 aromatic heterocycles. The minimum absolute atomic E-state index is 0.331. The van der Waals surface area contributed by atoms with Crippen LogP contribution in [-0.4, -0.2) is 29.3 Å². The average molecular weight is 202 g/mol. The van der Waals surface area contributed by atoms with Gasteiger partial charge in [0, 0.05) is 24.9 Å². The molecule has 1 aliphatic carbocycles. The summed E-state index contributed by atoms with van der Waals surface area (Å²) >= 11 is 5.77. The fourth-order valence-corrected chi connectivity index (χ4v) is 2.69. The second kappa shape index (κ2) is 3.87. The quantitative estimate of drug-likeness (QED) is 0.626. The lowest BCUT2D eigenvalue weighted by Gasteiger charge is -2.23. The van der Waals surface area contributed by atoms with Crippen LogP contribution in [0.15, 0.2) is 0 Å². The summed E-state index contributed by atoms with van der Waals surface area (Å²) in [6, 6.07) is 0.542. The van der Waals surface area contributed by atoms with Gasteiger partial charge in [-0.3, -0.25) is 4.79 Å². The lowest BCUT2D eigenvalue weighted by Crippen LogP contribution is -2.34. The summed E-state index contributed by atoms with van der Waals surface area (Å²) in [6.45, 7) is 0.910. The van der Waals surface area contributed by atoms with Crippen LogP contribution in [0.3, 0.4) is 0 Å². The van der Waals surface area contributed by atoms with E-state index in [-0.39, 0.29) is 0 Å². The van der Waals surface area contributed by atoms with E-state index in [1.54, 1.807) is 0 Å². The smallest absolute Gasteiger partial charge is 0.223 e. The Morgan fingerprint density at radius 3 is 2.62 bits per heavy atom. The van der Waals surface area contributed by atoms with Crippen molar-refractivity contribution in [3.63, 3.8) is 0 Å². The van der Waals surface area contributed by atoms with E-state index in [9.17, 15) is 4.79 Å². The van der Waals surface area contributed by atoms with Crippen molar-refractivity contribution >= 4 is 17.5 Å². The average Bonchev–Trinajstić information content (AvgIpc) is 2.72. The summed E-state index contributed by atoms with van der Waals surface area (Å²) in [5.74, 6) is 1.38. The summed E-state index contributed by atoms with van der Waals surface area (Å²) < 4.78 is 0. The van der Waals surface area contributed by atoms with Crippen molar-refractivity contribution in [1.82, 2.24) is 4.90 Å². The molecule has 2 rings (SSSR count). The van der Waals surface area contributed by atoms with Crippen LogP contribution in [0.1, 0.15) is 32.1 Å². The first-order valence-corrected chi connectivity index (χ1v) is 5.70. The molecule has 1 aliphatic heterocycles. The van der Waals surface area contributed by atoms with Crippen molar-refractivity contribution in [2.45, 2.75) is 38.1 Å². The van der Waals surface area contributed by atoms with Gasteiger partial charge in [0.05, 0.1) is 0 Å². The Labute approximate surface area is 84.2 Å². The lowest BCUT2D eigenvalue weighted by atomic mass is 10.1. The number of alkyl halides is 1. The first-order valence-electron chi connectivity index (χ1n) is 5.16. The molecular formula is C10H16ClNO. The maximum atomic E-state index is 11.6. The summed E-state index contributed by atoms with van der Waals surface area (Å²) in [7, 11) is 0. The van der Waals surface area contributed by atoms with E-state index in [2.05, 4.69) is 4.90 Å².